The number of H-pyrrole nitrogens is 1. The Kier molecular flexibility index (Phi) is 4.45. The highest BCUT2D eigenvalue weighted by Crippen LogP contribution is 2.10. The Bertz CT molecular complexity index is 684. The van der Waals surface area contributed by atoms with Gasteiger partial charge in [0.25, 0.3) is 11.5 Å². The molecule has 1 heterocycles. The molecule has 0 atom stereocenters. The quantitative estimate of drug-likeness (QED) is 0.636. The third-order valence-electron chi connectivity index (χ3n) is 2.70. The van der Waals surface area contributed by atoms with E-state index in [0.717, 1.165) is 11.3 Å². The normalized spacial score (nSPS) is 10.6. The van der Waals surface area contributed by atoms with Gasteiger partial charge in [0.15, 0.2) is 5.69 Å². The Morgan fingerprint density at radius 1 is 1.24 bits per heavy atom. The molecule has 1 aromatic carbocycles. The Hall–Kier alpha value is -2.96. The topological polar surface area (TPSA) is 90.5 Å². The van der Waals surface area contributed by atoms with E-state index in [2.05, 4.69) is 20.7 Å². The Morgan fingerprint density at radius 3 is 2.52 bits per heavy atom. The van der Waals surface area contributed by atoms with Crippen LogP contribution in [0.15, 0.2) is 46.3 Å². The molecule has 108 valence electrons. The van der Waals surface area contributed by atoms with E-state index in [4.69, 9.17) is 0 Å². The standard InChI is InChI=1S/C14H15N5O2/c1-19(2)11-5-3-10(4-6-11)9-15-18-14(21)12-7-8-13(20)17-16-12/h3-9H,1-2H3,(H,17,20)(H,18,21). The van der Waals surface area contributed by atoms with Gasteiger partial charge in [0.2, 0.25) is 0 Å². The predicted molar refractivity (Wildman–Crippen MR) is 80.7 cm³/mol. The highest BCUT2D eigenvalue weighted by molar-refractivity contribution is 5.92. The van der Waals surface area contributed by atoms with Crippen LogP contribution in [0.3, 0.4) is 0 Å². The average molecular weight is 285 g/mol. The molecule has 0 bridgehead atoms. The highest BCUT2D eigenvalue weighted by atomic mass is 16.2. The van der Waals surface area contributed by atoms with Crippen LogP contribution in [-0.2, 0) is 0 Å². The molecule has 1 amide bonds. The van der Waals surface area contributed by atoms with Crippen LogP contribution >= 0.6 is 0 Å². The molecule has 2 N–H and O–H groups in total. The van der Waals surface area contributed by atoms with Gasteiger partial charge in [-0.25, -0.2) is 10.5 Å². The van der Waals surface area contributed by atoms with Gasteiger partial charge in [-0.1, -0.05) is 12.1 Å². The highest BCUT2D eigenvalue weighted by Gasteiger charge is 2.05. The van der Waals surface area contributed by atoms with Gasteiger partial charge in [0, 0.05) is 25.8 Å². The van der Waals surface area contributed by atoms with Crippen LogP contribution in [0.2, 0.25) is 0 Å². The number of amides is 1. The lowest BCUT2D eigenvalue weighted by molar-refractivity contribution is 0.0949. The Morgan fingerprint density at radius 2 is 1.95 bits per heavy atom. The summed E-state index contributed by atoms with van der Waals surface area (Å²) in [5.41, 5.74) is 4.00. The van der Waals surface area contributed by atoms with Crippen molar-refractivity contribution < 1.29 is 4.79 Å². The van der Waals surface area contributed by atoms with Gasteiger partial charge < -0.3 is 4.90 Å². The second-order valence-electron chi connectivity index (χ2n) is 4.49. The van der Waals surface area contributed by atoms with Crippen molar-refractivity contribution in [3.05, 3.63) is 58.0 Å². The van der Waals surface area contributed by atoms with E-state index in [0.29, 0.717) is 0 Å². The number of nitrogens with zero attached hydrogens (tertiary/aromatic N) is 3. The van der Waals surface area contributed by atoms with Crippen LogP contribution in [0.5, 0.6) is 0 Å². The fourth-order valence-corrected chi connectivity index (χ4v) is 1.55. The number of aromatic nitrogens is 2. The second kappa shape index (κ2) is 6.47. The van der Waals surface area contributed by atoms with E-state index < -0.39 is 5.91 Å². The van der Waals surface area contributed by atoms with Gasteiger partial charge in [-0.2, -0.15) is 10.2 Å². The minimum Gasteiger partial charge on any atom is -0.378 e. The largest absolute Gasteiger partial charge is 0.378 e. The van der Waals surface area contributed by atoms with E-state index >= 15 is 0 Å². The van der Waals surface area contributed by atoms with Crippen molar-refractivity contribution in [3.63, 3.8) is 0 Å². The minimum atomic E-state index is -0.493. The fourth-order valence-electron chi connectivity index (χ4n) is 1.55. The molecule has 1 aromatic heterocycles. The van der Waals surface area contributed by atoms with Gasteiger partial charge in [0.05, 0.1) is 6.21 Å². The van der Waals surface area contributed by atoms with Crippen molar-refractivity contribution in [1.29, 1.82) is 0 Å². The lowest BCUT2D eigenvalue weighted by atomic mass is 10.2. The van der Waals surface area contributed by atoms with Crippen LogP contribution in [0.25, 0.3) is 0 Å². The average Bonchev–Trinajstić information content (AvgIpc) is 2.48. The first-order valence-electron chi connectivity index (χ1n) is 6.23. The van der Waals surface area contributed by atoms with Gasteiger partial charge >= 0.3 is 0 Å². The molecule has 2 aromatic rings. The van der Waals surface area contributed by atoms with Crippen molar-refractivity contribution >= 4 is 17.8 Å². The molecule has 7 nitrogen and oxygen atoms in total. The number of carbonyl (C=O) groups excluding carboxylic acids is 1. The van der Waals surface area contributed by atoms with Crippen molar-refractivity contribution in [2.75, 3.05) is 19.0 Å². The molecule has 0 radical (unpaired) electrons. The molecule has 0 aliphatic carbocycles. The number of hydrazone groups is 1. The molecule has 0 aliphatic heterocycles. The molecular weight excluding hydrogens is 270 g/mol. The number of rotatable bonds is 4. The van der Waals surface area contributed by atoms with Crippen molar-refractivity contribution in [2.45, 2.75) is 0 Å². The van der Waals surface area contributed by atoms with E-state index in [1.807, 2.05) is 43.3 Å². The summed E-state index contributed by atoms with van der Waals surface area (Å²) >= 11 is 0. The van der Waals surface area contributed by atoms with Gasteiger partial charge in [-0.15, -0.1) is 0 Å². The molecule has 7 heteroatoms. The molecule has 2 rings (SSSR count). The zero-order chi connectivity index (χ0) is 15.2. The molecule has 0 fully saturated rings. The van der Waals surface area contributed by atoms with Crippen LogP contribution in [0.4, 0.5) is 5.69 Å². The number of nitrogens with one attached hydrogen (secondary N) is 2. The first-order valence-corrected chi connectivity index (χ1v) is 6.23. The maximum atomic E-state index is 11.7. The zero-order valence-corrected chi connectivity index (χ0v) is 11.7. The van der Waals surface area contributed by atoms with Crippen LogP contribution in [0.1, 0.15) is 16.1 Å². The maximum Gasteiger partial charge on any atom is 0.291 e. The fraction of sp³-hybridized carbons (Fsp3) is 0.143. The first-order chi connectivity index (χ1) is 10.1. The summed E-state index contributed by atoms with van der Waals surface area (Å²) in [6.45, 7) is 0. The summed E-state index contributed by atoms with van der Waals surface area (Å²) in [4.78, 5) is 24.5. The SMILES string of the molecule is CN(C)c1ccc(C=NNC(=O)c2ccc(=O)[nH]n2)cc1. The molecule has 0 saturated carbocycles. The van der Waals surface area contributed by atoms with E-state index in [1.54, 1.807) is 0 Å². The van der Waals surface area contributed by atoms with Gasteiger partial charge in [-0.05, 0) is 23.8 Å². The van der Waals surface area contributed by atoms with E-state index in [9.17, 15) is 9.59 Å². The number of benzene rings is 1. The van der Waals surface area contributed by atoms with E-state index in [-0.39, 0.29) is 11.3 Å². The summed E-state index contributed by atoms with van der Waals surface area (Å²) in [5.74, 6) is -0.493. The summed E-state index contributed by atoms with van der Waals surface area (Å²) in [6, 6.07) is 10.2. The molecule has 21 heavy (non-hydrogen) atoms. The number of carbonyl (C=O) groups is 1. The molecule has 0 spiro atoms. The maximum absolute atomic E-state index is 11.7. The number of anilines is 1. The summed E-state index contributed by atoms with van der Waals surface area (Å²) in [5, 5.41) is 9.63. The van der Waals surface area contributed by atoms with E-state index in [1.165, 1.54) is 18.3 Å². The zero-order valence-electron chi connectivity index (χ0n) is 11.7. The summed E-state index contributed by atoms with van der Waals surface area (Å²) in [6.07, 6.45) is 1.53. The first kappa shape index (κ1) is 14.4. The smallest absolute Gasteiger partial charge is 0.291 e. The van der Waals surface area contributed by atoms with Crippen molar-refractivity contribution in [2.24, 2.45) is 5.10 Å². The third kappa shape index (κ3) is 4.00. The van der Waals surface area contributed by atoms with Crippen LogP contribution in [-0.4, -0.2) is 36.4 Å². The van der Waals surface area contributed by atoms with Crippen molar-refractivity contribution in [3.8, 4) is 0 Å². The lowest BCUT2D eigenvalue weighted by Crippen LogP contribution is -2.21. The minimum absolute atomic E-state index is 0.0923. The summed E-state index contributed by atoms with van der Waals surface area (Å²) in [7, 11) is 3.92. The van der Waals surface area contributed by atoms with Gasteiger partial charge in [-0.3, -0.25) is 9.59 Å². The molecular formula is C14H15N5O2. The summed E-state index contributed by atoms with van der Waals surface area (Å²) < 4.78 is 0. The molecule has 0 unspecified atom stereocenters. The number of hydrogen-bond donors (Lipinski definition) is 2. The Labute approximate surface area is 121 Å². The lowest BCUT2D eigenvalue weighted by Gasteiger charge is -2.11. The van der Waals surface area contributed by atoms with Crippen LogP contribution in [0, 0.1) is 0 Å². The molecule has 0 saturated heterocycles. The predicted octanol–water partition coefficient (Wildman–Crippen LogP) is 0.600. The number of hydrogen-bond acceptors (Lipinski definition) is 5. The van der Waals surface area contributed by atoms with Gasteiger partial charge in [0.1, 0.15) is 0 Å². The monoisotopic (exact) mass is 285 g/mol. The Balaban J connectivity index is 1.97. The van der Waals surface area contributed by atoms with Crippen molar-refractivity contribution in [1.82, 2.24) is 15.6 Å². The second-order valence-corrected chi connectivity index (χ2v) is 4.49. The third-order valence-corrected chi connectivity index (χ3v) is 2.70. The van der Waals surface area contributed by atoms with Crippen LogP contribution < -0.4 is 15.9 Å². The molecule has 0 aliphatic rings. The number of aromatic amines is 1.